The van der Waals surface area contributed by atoms with E-state index in [1.54, 1.807) is 0 Å². The first-order valence-corrected chi connectivity index (χ1v) is 10.1. The van der Waals surface area contributed by atoms with Crippen molar-refractivity contribution in [3.05, 3.63) is 70.9 Å². The molecule has 142 valence electrons. The van der Waals surface area contributed by atoms with Crippen molar-refractivity contribution in [3.8, 4) is 0 Å². The number of aromatic nitrogens is 1. The number of aliphatic hydroxyl groups excluding tert-OH is 1. The summed E-state index contributed by atoms with van der Waals surface area (Å²) in [6.07, 6.45) is 3.17. The molecule has 1 aromatic heterocycles. The molecule has 3 nitrogen and oxygen atoms in total. The summed E-state index contributed by atoms with van der Waals surface area (Å²) in [6, 6.07) is 17.2. The predicted octanol–water partition coefficient (Wildman–Crippen LogP) is 4.77. The zero-order valence-electron chi connectivity index (χ0n) is 16.4. The fourth-order valence-electron chi connectivity index (χ4n) is 4.55. The zero-order valence-corrected chi connectivity index (χ0v) is 16.4. The van der Waals surface area contributed by atoms with Crippen molar-refractivity contribution in [1.82, 2.24) is 9.88 Å². The van der Waals surface area contributed by atoms with Gasteiger partial charge in [-0.15, -0.1) is 0 Å². The minimum Gasteiger partial charge on any atom is -0.387 e. The van der Waals surface area contributed by atoms with E-state index in [2.05, 4.69) is 72.3 Å². The van der Waals surface area contributed by atoms with Crippen LogP contribution in [0.25, 0.3) is 10.9 Å². The molecule has 2 N–H and O–H groups in total. The lowest BCUT2D eigenvalue weighted by Crippen LogP contribution is -2.37. The molecule has 4 rings (SSSR count). The van der Waals surface area contributed by atoms with Crippen LogP contribution in [0.3, 0.4) is 0 Å². The Morgan fingerprint density at radius 1 is 1.07 bits per heavy atom. The molecule has 1 saturated heterocycles. The molecule has 1 fully saturated rings. The van der Waals surface area contributed by atoms with E-state index >= 15 is 0 Å². The molecular weight excluding hydrogens is 332 g/mol. The predicted molar refractivity (Wildman–Crippen MR) is 112 cm³/mol. The standard InChI is InChI=1S/C24H30N2O/c1-17-8-9-21-22(14-17)25-18(2)24(21)23(27)16-26-12-10-20(11-13-26)15-19-6-4-3-5-7-19/h3-9,14,20,23,25,27H,10-13,15-16H2,1-2H3. The first kappa shape index (κ1) is 18.3. The van der Waals surface area contributed by atoms with E-state index in [1.807, 2.05) is 0 Å². The monoisotopic (exact) mass is 362 g/mol. The molecule has 2 aromatic carbocycles. The van der Waals surface area contributed by atoms with Crippen molar-refractivity contribution in [3.63, 3.8) is 0 Å². The fourth-order valence-corrected chi connectivity index (χ4v) is 4.55. The summed E-state index contributed by atoms with van der Waals surface area (Å²) in [7, 11) is 0. The highest BCUT2D eigenvalue weighted by molar-refractivity contribution is 5.85. The van der Waals surface area contributed by atoms with Gasteiger partial charge in [-0.05, 0) is 69.3 Å². The Bertz CT molecular complexity index is 891. The second-order valence-electron chi connectivity index (χ2n) is 8.16. The molecule has 0 spiro atoms. The number of H-pyrrole nitrogens is 1. The van der Waals surface area contributed by atoms with E-state index in [1.165, 1.54) is 30.4 Å². The minimum absolute atomic E-state index is 0.438. The van der Waals surface area contributed by atoms with E-state index in [-0.39, 0.29) is 0 Å². The average Bonchev–Trinajstić information content (AvgIpc) is 2.99. The lowest BCUT2D eigenvalue weighted by atomic mass is 9.90. The molecule has 1 unspecified atom stereocenters. The number of nitrogens with zero attached hydrogens (tertiary/aromatic N) is 1. The van der Waals surface area contributed by atoms with Crippen molar-refractivity contribution in [2.45, 2.75) is 39.2 Å². The highest BCUT2D eigenvalue weighted by Crippen LogP contribution is 2.30. The van der Waals surface area contributed by atoms with Crippen LogP contribution < -0.4 is 0 Å². The maximum atomic E-state index is 10.9. The van der Waals surface area contributed by atoms with Gasteiger partial charge in [0.1, 0.15) is 0 Å². The second-order valence-corrected chi connectivity index (χ2v) is 8.16. The third kappa shape index (κ3) is 4.10. The Hall–Kier alpha value is -2.10. The summed E-state index contributed by atoms with van der Waals surface area (Å²) in [4.78, 5) is 5.87. The Morgan fingerprint density at radius 2 is 1.81 bits per heavy atom. The number of aromatic amines is 1. The molecule has 1 aliphatic heterocycles. The number of β-amino-alcohol motifs (C(OH)–C–C–N with tert-alkyl or cyclic N) is 1. The molecule has 3 heteroatoms. The van der Waals surface area contributed by atoms with Gasteiger partial charge >= 0.3 is 0 Å². The van der Waals surface area contributed by atoms with Crippen LogP contribution in [-0.2, 0) is 6.42 Å². The highest BCUT2D eigenvalue weighted by Gasteiger charge is 2.24. The maximum Gasteiger partial charge on any atom is 0.0940 e. The number of aliphatic hydroxyl groups is 1. The van der Waals surface area contributed by atoms with Crippen LogP contribution in [0.1, 0.15) is 41.3 Å². The summed E-state index contributed by atoms with van der Waals surface area (Å²) < 4.78 is 0. The van der Waals surface area contributed by atoms with E-state index in [0.29, 0.717) is 0 Å². The summed E-state index contributed by atoms with van der Waals surface area (Å²) in [6.45, 7) is 7.05. The molecule has 0 bridgehead atoms. The van der Waals surface area contributed by atoms with Gasteiger partial charge in [-0.25, -0.2) is 0 Å². The SMILES string of the molecule is Cc1ccc2c(C(O)CN3CCC(Cc4ccccc4)CC3)c(C)[nH]c2c1. The summed E-state index contributed by atoms with van der Waals surface area (Å²) >= 11 is 0. The normalized spacial score (nSPS) is 17.4. The molecule has 0 amide bonds. The van der Waals surface area contributed by atoms with Gasteiger partial charge in [0, 0.05) is 28.7 Å². The van der Waals surface area contributed by atoms with Crippen LogP contribution in [0.15, 0.2) is 48.5 Å². The lowest BCUT2D eigenvalue weighted by Gasteiger charge is -2.33. The smallest absolute Gasteiger partial charge is 0.0940 e. The van der Waals surface area contributed by atoms with Crippen LogP contribution in [0.5, 0.6) is 0 Å². The molecule has 1 atom stereocenters. The van der Waals surface area contributed by atoms with Gasteiger partial charge in [0.2, 0.25) is 0 Å². The average molecular weight is 363 g/mol. The molecule has 2 heterocycles. The quantitative estimate of drug-likeness (QED) is 0.686. The van der Waals surface area contributed by atoms with Crippen molar-refractivity contribution >= 4 is 10.9 Å². The van der Waals surface area contributed by atoms with Gasteiger partial charge in [0.15, 0.2) is 0 Å². The Morgan fingerprint density at radius 3 is 2.56 bits per heavy atom. The molecule has 0 saturated carbocycles. The van der Waals surface area contributed by atoms with Crippen molar-refractivity contribution in [2.75, 3.05) is 19.6 Å². The van der Waals surface area contributed by atoms with Crippen LogP contribution in [0, 0.1) is 19.8 Å². The van der Waals surface area contributed by atoms with Crippen molar-refractivity contribution in [1.29, 1.82) is 0 Å². The van der Waals surface area contributed by atoms with Gasteiger partial charge < -0.3 is 15.0 Å². The first-order chi connectivity index (χ1) is 13.1. The maximum absolute atomic E-state index is 10.9. The van der Waals surface area contributed by atoms with E-state index in [0.717, 1.165) is 47.7 Å². The summed E-state index contributed by atoms with van der Waals surface area (Å²) in [5.41, 5.74) is 5.97. The number of likely N-dealkylation sites (tertiary alicyclic amines) is 1. The van der Waals surface area contributed by atoms with E-state index in [4.69, 9.17) is 0 Å². The van der Waals surface area contributed by atoms with Gasteiger partial charge in [-0.3, -0.25) is 0 Å². The molecule has 27 heavy (non-hydrogen) atoms. The van der Waals surface area contributed by atoms with Gasteiger partial charge in [-0.1, -0.05) is 42.5 Å². The van der Waals surface area contributed by atoms with Crippen LogP contribution in [0.2, 0.25) is 0 Å². The fraction of sp³-hybridized carbons (Fsp3) is 0.417. The summed E-state index contributed by atoms with van der Waals surface area (Å²) in [5.74, 6) is 0.763. The van der Waals surface area contributed by atoms with E-state index < -0.39 is 6.10 Å². The van der Waals surface area contributed by atoms with Crippen LogP contribution in [0.4, 0.5) is 0 Å². The third-order valence-corrected chi connectivity index (χ3v) is 6.03. The number of aryl methyl sites for hydroxylation is 2. The largest absolute Gasteiger partial charge is 0.387 e. The molecular formula is C24H30N2O. The topological polar surface area (TPSA) is 39.3 Å². The highest BCUT2D eigenvalue weighted by atomic mass is 16.3. The van der Waals surface area contributed by atoms with Crippen LogP contribution in [-0.4, -0.2) is 34.6 Å². The van der Waals surface area contributed by atoms with E-state index in [9.17, 15) is 5.11 Å². The number of rotatable bonds is 5. The first-order valence-electron chi connectivity index (χ1n) is 10.1. The number of benzene rings is 2. The molecule has 1 aliphatic rings. The van der Waals surface area contributed by atoms with Crippen molar-refractivity contribution in [2.24, 2.45) is 5.92 Å². The summed E-state index contributed by atoms with van der Waals surface area (Å²) in [5, 5.41) is 12.1. The molecule has 0 radical (unpaired) electrons. The zero-order chi connectivity index (χ0) is 18.8. The lowest BCUT2D eigenvalue weighted by molar-refractivity contribution is 0.0898. The number of piperidine rings is 1. The Kier molecular flexibility index (Phi) is 5.33. The van der Waals surface area contributed by atoms with Gasteiger partial charge in [-0.2, -0.15) is 0 Å². The molecule has 0 aliphatic carbocycles. The number of nitrogens with one attached hydrogen (secondary N) is 1. The number of hydrogen-bond acceptors (Lipinski definition) is 2. The Balaban J connectivity index is 1.37. The van der Waals surface area contributed by atoms with Gasteiger partial charge in [0.05, 0.1) is 6.10 Å². The minimum atomic E-state index is -0.438. The van der Waals surface area contributed by atoms with Crippen LogP contribution >= 0.6 is 0 Å². The number of hydrogen-bond donors (Lipinski definition) is 2. The third-order valence-electron chi connectivity index (χ3n) is 6.03. The second kappa shape index (κ2) is 7.87. The Labute approximate surface area is 162 Å². The van der Waals surface area contributed by atoms with Crippen molar-refractivity contribution < 1.29 is 5.11 Å². The number of fused-ring (bicyclic) bond motifs is 1. The molecule has 3 aromatic rings. The van der Waals surface area contributed by atoms with Gasteiger partial charge in [0.25, 0.3) is 0 Å².